The van der Waals surface area contributed by atoms with E-state index in [0.29, 0.717) is 6.42 Å². The molecule has 0 spiro atoms. The Morgan fingerprint density at radius 1 is 1.56 bits per heavy atom. The summed E-state index contributed by atoms with van der Waals surface area (Å²) in [5.41, 5.74) is -0.237. The lowest BCUT2D eigenvalue weighted by molar-refractivity contribution is -0.385. The number of ether oxygens (including phenoxy) is 1. The van der Waals surface area contributed by atoms with Crippen molar-refractivity contribution in [2.24, 2.45) is 5.92 Å². The van der Waals surface area contributed by atoms with Crippen LogP contribution in [-0.2, 0) is 4.79 Å². The Kier molecular flexibility index (Phi) is 5.09. The molecule has 98 valence electrons. The minimum Gasteiger partial charge on any atom is -0.479 e. The van der Waals surface area contributed by atoms with Crippen molar-refractivity contribution in [2.75, 3.05) is 6.61 Å². The number of carbonyl (C=O) groups excluding carboxylic acids is 1. The van der Waals surface area contributed by atoms with Crippen molar-refractivity contribution in [1.29, 1.82) is 0 Å². The van der Waals surface area contributed by atoms with E-state index in [-0.39, 0.29) is 34.8 Å². The number of carbonyl (C=O) groups is 1. The van der Waals surface area contributed by atoms with Gasteiger partial charge in [-0.05, 0) is 18.6 Å². The summed E-state index contributed by atoms with van der Waals surface area (Å²) in [6.07, 6.45) is 0.713. The molecule has 5 nitrogen and oxygen atoms in total. The number of ketones is 1. The SMILES string of the molecule is CCC(C)C(=O)COc1ccc(Cl)cc1[N+](=O)[O-]. The highest BCUT2D eigenvalue weighted by Crippen LogP contribution is 2.29. The molecule has 1 aromatic carbocycles. The van der Waals surface area contributed by atoms with Crippen molar-refractivity contribution >= 4 is 23.1 Å². The number of rotatable bonds is 6. The molecule has 1 rings (SSSR count). The summed E-state index contributed by atoms with van der Waals surface area (Å²) >= 11 is 5.67. The van der Waals surface area contributed by atoms with Crippen LogP contribution < -0.4 is 4.74 Å². The zero-order valence-electron chi connectivity index (χ0n) is 10.2. The molecular formula is C12H14ClNO4. The van der Waals surface area contributed by atoms with Gasteiger partial charge in [-0.1, -0.05) is 25.4 Å². The third-order valence-electron chi connectivity index (χ3n) is 2.65. The van der Waals surface area contributed by atoms with Gasteiger partial charge in [0.05, 0.1) is 4.92 Å². The molecule has 0 aliphatic heterocycles. The average Bonchev–Trinajstić information content (AvgIpc) is 2.35. The molecule has 0 bridgehead atoms. The highest BCUT2D eigenvalue weighted by Gasteiger charge is 2.18. The quantitative estimate of drug-likeness (QED) is 0.588. The van der Waals surface area contributed by atoms with Crippen molar-refractivity contribution in [3.8, 4) is 5.75 Å². The number of nitrogens with zero attached hydrogens (tertiary/aromatic N) is 1. The van der Waals surface area contributed by atoms with Crippen molar-refractivity contribution in [3.63, 3.8) is 0 Å². The number of halogens is 1. The smallest absolute Gasteiger partial charge is 0.312 e. The summed E-state index contributed by atoms with van der Waals surface area (Å²) in [6.45, 7) is 3.52. The molecule has 1 unspecified atom stereocenters. The molecule has 0 radical (unpaired) electrons. The number of Topliss-reactive ketones (excluding diaryl/α,β-unsaturated/α-hetero) is 1. The van der Waals surface area contributed by atoms with E-state index in [1.807, 2.05) is 6.92 Å². The first kappa shape index (κ1) is 14.4. The predicted octanol–water partition coefficient (Wildman–Crippen LogP) is 3.24. The minimum absolute atomic E-state index is 0.0565. The maximum absolute atomic E-state index is 11.6. The third-order valence-corrected chi connectivity index (χ3v) is 2.88. The van der Waals surface area contributed by atoms with Crippen LogP contribution in [0.25, 0.3) is 0 Å². The largest absolute Gasteiger partial charge is 0.479 e. The Morgan fingerprint density at radius 2 is 2.22 bits per heavy atom. The molecule has 0 saturated heterocycles. The first-order chi connectivity index (χ1) is 8.45. The van der Waals surface area contributed by atoms with Gasteiger partial charge in [0.1, 0.15) is 6.61 Å². The van der Waals surface area contributed by atoms with Gasteiger partial charge in [-0.15, -0.1) is 0 Å². The lowest BCUT2D eigenvalue weighted by atomic mass is 10.0. The summed E-state index contributed by atoms with van der Waals surface area (Å²) in [7, 11) is 0. The maximum atomic E-state index is 11.6. The van der Waals surface area contributed by atoms with Crippen LogP contribution in [0.3, 0.4) is 0 Å². The van der Waals surface area contributed by atoms with E-state index >= 15 is 0 Å². The lowest BCUT2D eigenvalue weighted by Crippen LogP contribution is -2.18. The third kappa shape index (κ3) is 3.70. The van der Waals surface area contributed by atoms with Gasteiger partial charge in [-0.3, -0.25) is 14.9 Å². The topological polar surface area (TPSA) is 69.4 Å². The summed E-state index contributed by atoms with van der Waals surface area (Å²) in [5, 5.41) is 11.0. The molecule has 0 aromatic heterocycles. The lowest BCUT2D eigenvalue weighted by Gasteiger charge is -2.09. The van der Waals surface area contributed by atoms with Crippen LogP contribution >= 0.6 is 11.6 Å². The van der Waals surface area contributed by atoms with Gasteiger partial charge in [0.2, 0.25) is 0 Å². The van der Waals surface area contributed by atoms with Gasteiger partial charge < -0.3 is 4.74 Å². The molecule has 0 amide bonds. The van der Waals surface area contributed by atoms with Crippen LogP contribution in [0.15, 0.2) is 18.2 Å². The van der Waals surface area contributed by atoms with Gasteiger partial charge >= 0.3 is 5.69 Å². The van der Waals surface area contributed by atoms with Gasteiger partial charge in [0.25, 0.3) is 0 Å². The fourth-order valence-corrected chi connectivity index (χ4v) is 1.44. The van der Waals surface area contributed by atoms with E-state index < -0.39 is 4.92 Å². The molecule has 1 atom stereocenters. The first-order valence-electron chi connectivity index (χ1n) is 5.55. The van der Waals surface area contributed by atoms with E-state index in [0.717, 1.165) is 0 Å². The van der Waals surface area contributed by atoms with Crippen LogP contribution in [0.4, 0.5) is 5.69 Å². The maximum Gasteiger partial charge on any atom is 0.312 e. The summed E-state index contributed by atoms with van der Waals surface area (Å²) in [4.78, 5) is 21.8. The Hall–Kier alpha value is -1.62. The second-order valence-electron chi connectivity index (χ2n) is 3.93. The molecule has 0 saturated carbocycles. The second kappa shape index (κ2) is 6.35. The van der Waals surface area contributed by atoms with E-state index in [1.165, 1.54) is 18.2 Å². The zero-order chi connectivity index (χ0) is 13.7. The van der Waals surface area contributed by atoms with Crippen LogP contribution in [0.5, 0.6) is 5.75 Å². The van der Waals surface area contributed by atoms with Gasteiger partial charge in [-0.2, -0.15) is 0 Å². The Bertz CT molecular complexity index is 461. The first-order valence-corrected chi connectivity index (χ1v) is 5.93. The average molecular weight is 272 g/mol. The van der Waals surface area contributed by atoms with Crippen LogP contribution in [0, 0.1) is 16.0 Å². The van der Waals surface area contributed by atoms with E-state index in [4.69, 9.17) is 16.3 Å². The monoisotopic (exact) mass is 271 g/mol. The standard InChI is InChI=1S/C12H14ClNO4/c1-3-8(2)11(15)7-18-12-5-4-9(13)6-10(12)14(16)17/h4-6,8H,3,7H2,1-2H3. The number of nitro groups is 1. The Morgan fingerprint density at radius 3 is 2.78 bits per heavy atom. The highest BCUT2D eigenvalue weighted by atomic mass is 35.5. The zero-order valence-corrected chi connectivity index (χ0v) is 10.9. The van der Waals surface area contributed by atoms with Gasteiger partial charge in [0.15, 0.2) is 11.5 Å². The number of benzene rings is 1. The Balaban J connectivity index is 2.79. The highest BCUT2D eigenvalue weighted by molar-refractivity contribution is 6.30. The van der Waals surface area contributed by atoms with E-state index in [9.17, 15) is 14.9 Å². The summed E-state index contributed by atoms with van der Waals surface area (Å²) in [5.74, 6) is -0.140. The van der Waals surface area contributed by atoms with E-state index in [2.05, 4.69) is 0 Å². The molecule has 0 aliphatic carbocycles. The molecular weight excluding hydrogens is 258 g/mol. The van der Waals surface area contributed by atoms with Crippen molar-refractivity contribution in [3.05, 3.63) is 33.3 Å². The van der Waals surface area contributed by atoms with Crippen molar-refractivity contribution < 1.29 is 14.5 Å². The van der Waals surface area contributed by atoms with Crippen molar-refractivity contribution in [1.82, 2.24) is 0 Å². The second-order valence-corrected chi connectivity index (χ2v) is 4.37. The molecule has 0 aliphatic rings. The molecule has 0 heterocycles. The molecule has 6 heteroatoms. The van der Waals surface area contributed by atoms with E-state index in [1.54, 1.807) is 6.92 Å². The van der Waals surface area contributed by atoms with Crippen LogP contribution in [0.2, 0.25) is 5.02 Å². The Labute approximate surface area is 110 Å². The number of hydrogen-bond donors (Lipinski definition) is 0. The summed E-state index contributed by atoms with van der Waals surface area (Å²) < 4.78 is 5.19. The van der Waals surface area contributed by atoms with Gasteiger partial charge in [0, 0.05) is 17.0 Å². The summed E-state index contributed by atoms with van der Waals surface area (Å²) in [6, 6.07) is 4.08. The fraction of sp³-hybridized carbons (Fsp3) is 0.417. The molecule has 18 heavy (non-hydrogen) atoms. The van der Waals surface area contributed by atoms with Crippen LogP contribution in [0.1, 0.15) is 20.3 Å². The number of nitro benzene ring substituents is 1. The van der Waals surface area contributed by atoms with Crippen LogP contribution in [-0.4, -0.2) is 17.3 Å². The van der Waals surface area contributed by atoms with Gasteiger partial charge in [-0.25, -0.2) is 0 Å². The predicted molar refractivity (Wildman–Crippen MR) is 68.1 cm³/mol. The fourth-order valence-electron chi connectivity index (χ4n) is 1.27. The molecule has 0 fully saturated rings. The molecule has 1 aromatic rings. The number of hydrogen-bond acceptors (Lipinski definition) is 4. The van der Waals surface area contributed by atoms with Crippen molar-refractivity contribution in [2.45, 2.75) is 20.3 Å². The minimum atomic E-state index is -0.588. The molecule has 0 N–H and O–H groups in total. The normalized spacial score (nSPS) is 11.9.